The molecule has 0 aromatic rings. The third-order valence-corrected chi connectivity index (χ3v) is 3.04. The van der Waals surface area contributed by atoms with Crippen LogP contribution in [0.5, 0.6) is 0 Å². The van der Waals surface area contributed by atoms with Crippen molar-refractivity contribution < 1.29 is 9.90 Å². The number of hydrogen-bond donors (Lipinski definition) is 1. The van der Waals surface area contributed by atoms with E-state index in [-0.39, 0.29) is 6.04 Å². The molecule has 15 heavy (non-hydrogen) atoms. The molecule has 0 aliphatic heterocycles. The number of likely N-dealkylation sites (N-methyl/N-ethyl adjacent to an activating group) is 1. The lowest BCUT2D eigenvalue weighted by Gasteiger charge is -2.32. The second-order valence-corrected chi connectivity index (χ2v) is 4.08. The maximum Gasteiger partial charge on any atom is 0.320 e. The van der Waals surface area contributed by atoms with E-state index in [9.17, 15) is 9.90 Å². The minimum atomic E-state index is -0.675. The van der Waals surface area contributed by atoms with Crippen LogP contribution in [0, 0.1) is 0 Å². The molecule has 0 radical (unpaired) electrons. The first kappa shape index (κ1) is 14.4. The van der Waals surface area contributed by atoms with Crippen molar-refractivity contribution in [1.29, 1.82) is 0 Å². The zero-order chi connectivity index (χ0) is 11.8. The predicted molar refractivity (Wildman–Crippen MR) is 63.1 cm³/mol. The predicted octanol–water partition coefficient (Wildman–Crippen LogP) is 2.75. The van der Waals surface area contributed by atoms with E-state index in [2.05, 4.69) is 25.7 Å². The van der Waals surface area contributed by atoms with E-state index >= 15 is 0 Å². The van der Waals surface area contributed by atoms with E-state index < -0.39 is 5.97 Å². The maximum atomic E-state index is 11.2. The first-order valence-corrected chi connectivity index (χ1v) is 6.06. The van der Waals surface area contributed by atoms with Crippen LogP contribution in [0.4, 0.5) is 0 Å². The van der Waals surface area contributed by atoms with Crippen LogP contribution in [0.2, 0.25) is 0 Å². The van der Waals surface area contributed by atoms with Gasteiger partial charge in [-0.15, -0.1) is 0 Å². The molecule has 90 valence electrons. The van der Waals surface area contributed by atoms with Gasteiger partial charge in [0.25, 0.3) is 0 Å². The molecule has 0 aromatic carbocycles. The zero-order valence-corrected chi connectivity index (χ0v) is 10.5. The normalized spacial score (nSPS) is 15.3. The standard InChI is InChI=1S/C12H25NO2/c1-5-8-9-11(12(14)15)13(7-3)10(4)6-2/h10-11H,5-9H2,1-4H3,(H,14,15). The molecule has 0 fully saturated rings. The Morgan fingerprint density at radius 1 is 1.33 bits per heavy atom. The lowest BCUT2D eigenvalue weighted by Crippen LogP contribution is -2.46. The lowest BCUT2D eigenvalue weighted by atomic mass is 10.1. The molecule has 0 spiro atoms. The van der Waals surface area contributed by atoms with Crippen LogP contribution >= 0.6 is 0 Å². The minimum Gasteiger partial charge on any atom is -0.480 e. The van der Waals surface area contributed by atoms with E-state index in [4.69, 9.17) is 0 Å². The second-order valence-electron chi connectivity index (χ2n) is 4.08. The van der Waals surface area contributed by atoms with Crippen LogP contribution in [-0.4, -0.2) is 34.6 Å². The second kappa shape index (κ2) is 7.69. The van der Waals surface area contributed by atoms with Gasteiger partial charge in [-0.05, 0) is 26.3 Å². The van der Waals surface area contributed by atoms with Crippen molar-refractivity contribution in [2.24, 2.45) is 0 Å². The molecule has 0 aliphatic rings. The molecule has 1 N–H and O–H groups in total. The number of rotatable bonds is 8. The number of unbranched alkanes of at least 4 members (excludes halogenated alkanes) is 1. The molecule has 0 amide bonds. The number of aliphatic carboxylic acids is 1. The van der Waals surface area contributed by atoms with Crippen LogP contribution < -0.4 is 0 Å². The molecule has 3 nitrogen and oxygen atoms in total. The molecule has 0 bridgehead atoms. The first-order chi connectivity index (χ1) is 7.08. The van der Waals surface area contributed by atoms with Crippen LogP contribution in [0.25, 0.3) is 0 Å². The Morgan fingerprint density at radius 3 is 2.27 bits per heavy atom. The summed E-state index contributed by atoms with van der Waals surface area (Å²) in [5.74, 6) is -0.675. The highest BCUT2D eigenvalue weighted by molar-refractivity contribution is 5.73. The Kier molecular flexibility index (Phi) is 7.39. The van der Waals surface area contributed by atoms with E-state index in [1.807, 2.05) is 6.92 Å². The number of nitrogens with zero attached hydrogens (tertiary/aromatic N) is 1. The fourth-order valence-corrected chi connectivity index (χ4v) is 1.90. The van der Waals surface area contributed by atoms with Crippen molar-refractivity contribution in [3.8, 4) is 0 Å². The minimum absolute atomic E-state index is 0.301. The van der Waals surface area contributed by atoms with Crippen molar-refractivity contribution in [2.45, 2.75) is 65.5 Å². The Balaban J connectivity index is 4.47. The highest BCUT2D eigenvalue weighted by atomic mass is 16.4. The number of carbonyl (C=O) groups is 1. The summed E-state index contributed by atoms with van der Waals surface area (Å²) in [6, 6.07) is 0.0536. The summed E-state index contributed by atoms with van der Waals surface area (Å²) in [6.45, 7) is 9.15. The van der Waals surface area contributed by atoms with E-state index in [1.54, 1.807) is 0 Å². The van der Waals surface area contributed by atoms with Gasteiger partial charge >= 0.3 is 5.97 Å². The smallest absolute Gasteiger partial charge is 0.320 e. The van der Waals surface area contributed by atoms with Gasteiger partial charge in [-0.3, -0.25) is 9.69 Å². The van der Waals surface area contributed by atoms with Crippen LogP contribution in [0.15, 0.2) is 0 Å². The average molecular weight is 215 g/mol. The summed E-state index contributed by atoms with van der Waals surface area (Å²) in [5, 5.41) is 9.20. The van der Waals surface area contributed by atoms with Crippen molar-refractivity contribution in [2.75, 3.05) is 6.54 Å². The Labute approximate surface area is 93.5 Å². The van der Waals surface area contributed by atoms with Crippen molar-refractivity contribution in [3.05, 3.63) is 0 Å². The molecule has 3 heteroatoms. The SMILES string of the molecule is CCCCC(C(=O)O)N(CC)C(C)CC. The third kappa shape index (κ3) is 4.65. The molecular formula is C12H25NO2. The van der Waals surface area contributed by atoms with Crippen LogP contribution in [-0.2, 0) is 4.79 Å². The van der Waals surface area contributed by atoms with Gasteiger partial charge in [0.1, 0.15) is 6.04 Å². The summed E-state index contributed by atoms with van der Waals surface area (Å²) in [6.07, 6.45) is 3.82. The summed E-state index contributed by atoms with van der Waals surface area (Å²) < 4.78 is 0. The molecule has 0 saturated heterocycles. The van der Waals surface area contributed by atoms with E-state index in [0.29, 0.717) is 6.04 Å². The molecule has 2 atom stereocenters. The summed E-state index contributed by atoms with van der Waals surface area (Å²) >= 11 is 0. The van der Waals surface area contributed by atoms with Gasteiger partial charge in [0.2, 0.25) is 0 Å². The Bertz CT molecular complexity index is 182. The fourth-order valence-electron chi connectivity index (χ4n) is 1.90. The van der Waals surface area contributed by atoms with E-state index in [0.717, 1.165) is 32.2 Å². The molecule has 0 aliphatic carbocycles. The number of carboxylic acids is 1. The highest BCUT2D eigenvalue weighted by Gasteiger charge is 2.26. The van der Waals surface area contributed by atoms with Crippen molar-refractivity contribution in [3.63, 3.8) is 0 Å². The van der Waals surface area contributed by atoms with Gasteiger partial charge in [0, 0.05) is 6.04 Å². The van der Waals surface area contributed by atoms with Gasteiger partial charge in [-0.1, -0.05) is 33.6 Å². The molecule has 0 saturated carbocycles. The number of hydrogen-bond acceptors (Lipinski definition) is 2. The molecular weight excluding hydrogens is 190 g/mol. The first-order valence-electron chi connectivity index (χ1n) is 6.06. The number of carboxylic acid groups (broad SMARTS) is 1. The maximum absolute atomic E-state index is 11.2. The molecule has 0 heterocycles. The lowest BCUT2D eigenvalue weighted by molar-refractivity contribution is -0.144. The van der Waals surface area contributed by atoms with Gasteiger partial charge in [-0.2, -0.15) is 0 Å². The summed E-state index contributed by atoms with van der Waals surface area (Å²) in [7, 11) is 0. The molecule has 0 aromatic heterocycles. The highest BCUT2D eigenvalue weighted by Crippen LogP contribution is 2.14. The third-order valence-electron chi connectivity index (χ3n) is 3.04. The van der Waals surface area contributed by atoms with Crippen molar-refractivity contribution >= 4 is 5.97 Å². The van der Waals surface area contributed by atoms with Gasteiger partial charge in [0.05, 0.1) is 0 Å². The quantitative estimate of drug-likeness (QED) is 0.677. The van der Waals surface area contributed by atoms with Gasteiger partial charge in [0.15, 0.2) is 0 Å². The largest absolute Gasteiger partial charge is 0.480 e. The van der Waals surface area contributed by atoms with Crippen LogP contribution in [0.1, 0.15) is 53.4 Å². The Hall–Kier alpha value is -0.570. The fraction of sp³-hybridized carbons (Fsp3) is 0.917. The molecule has 0 rings (SSSR count). The summed E-state index contributed by atoms with van der Waals surface area (Å²) in [5.41, 5.74) is 0. The topological polar surface area (TPSA) is 40.5 Å². The van der Waals surface area contributed by atoms with Gasteiger partial charge < -0.3 is 5.11 Å². The zero-order valence-electron chi connectivity index (χ0n) is 10.5. The van der Waals surface area contributed by atoms with Crippen molar-refractivity contribution in [1.82, 2.24) is 4.90 Å². The monoisotopic (exact) mass is 215 g/mol. The van der Waals surface area contributed by atoms with Gasteiger partial charge in [-0.25, -0.2) is 0 Å². The Morgan fingerprint density at radius 2 is 1.93 bits per heavy atom. The average Bonchev–Trinajstić information content (AvgIpc) is 2.22. The summed E-state index contributed by atoms with van der Waals surface area (Å²) in [4.78, 5) is 13.3. The van der Waals surface area contributed by atoms with E-state index in [1.165, 1.54) is 0 Å². The molecule has 2 unspecified atom stereocenters. The van der Waals surface area contributed by atoms with Crippen LogP contribution in [0.3, 0.4) is 0 Å².